The van der Waals surface area contributed by atoms with Crippen molar-refractivity contribution in [2.75, 3.05) is 20.2 Å². The van der Waals surface area contributed by atoms with Crippen LogP contribution < -0.4 is 9.47 Å². The molecule has 0 N–H and O–H groups in total. The first-order valence-corrected chi connectivity index (χ1v) is 8.28. The quantitative estimate of drug-likeness (QED) is 0.784. The van der Waals surface area contributed by atoms with Crippen LogP contribution in [-0.4, -0.2) is 47.1 Å². The highest BCUT2D eigenvalue weighted by molar-refractivity contribution is 5.91. The molecular formula is C19H21N3O3. The molecule has 2 aromatic rings. The van der Waals surface area contributed by atoms with Gasteiger partial charge in [0.1, 0.15) is 18.2 Å². The van der Waals surface area contributed by atoms with Crippen LogP contribution in [0.3, 0.4) is 0 Å². The van der Waals surface area contributed by atoms with Gasteiger partial charge in [-0.1, -0.05) is 12.1 Å². The summed E-state index contributed by atoms with van der Waals surface area (Å²) in [6.07, 6.45) is 8.31. The minimum Gasteiger partial charge on any atom is -0.497 e. The van der Waals surface area contributed by atoms with Crippen molar-refractivity contribution in [2.45, 2.75) is 18.9 Å². The molecule has 1 atom stereocenters. The number of aromatic nitrogens is 2. The lowest BCUT2D eigenvalue weighted by molar-refractivity contribution is -0.128. The summed E-state index contributed by atoms with van der Waals surface area (Å²) in [5.74, 6) is 1.33. The fourth-order valence-corrected chi connectivity index (χ4v) is 2.74. The van der Waals surface area contributed by atoms with Crippen LogP contribution in [0.4, 0.5) is 0 Å². The molecule has 0 radical (unpaired) electrons. The van der Waals surface area contributed by atoms with E-state index in [0.29, 0.717) is 12.4 Å². The van der Waals surface area contributed by atoms with E-state index in [1.807, 2.05) is 35.2 Å². The molecule has 25 heavy (non-hydrogen) atoms. The van der Waals surface area contributed by atoms with Gasteiger partial charge in [-0.2, -0.15) is 0 Å². The van der Waals surface area contributed by atoms with E-state index in [9.17, 15) is 4.79 Å². The molecule has 1 aliphatic heterocycles. The summed E-state index contributed by atoms with van der Waals surface area (Å²) in [5, 5.41) is 0. The number of amides is 1. The third-order valence-electron chi connectivity index (χ3n) is 4.07. The summed E-state index contributed by atoms with van der Waals surface area (Å²) in [6.45, 7) is 1.31. The highest BCUT2D eigenvalue weighted by Crippen LogP contribution is 2.17. The number of benzene rings is 1. The monoisotopic (exact) mass is 339 g/mol. The van der Waals surface area contributed by atoms with Gasteiger partial charge in [0.05, 0.1) is 13.7 Å². The Morgan fingerprint density at radius 2 is 2.12 bits per heavy atom. The minimum absolute atomic E-state index is 0.00759. The largest absolute Gasteiger partial charge is 0.497 e. The second-order valence-corrected chi connectivity index (χ2v) is 5.82. The second kappa shape index (κ2) is 8.28. The summed E-state index contributed by atoms with van der Waals surface area (Å²) in [7, 11) is 1.63. The third kappa shape index (κ3) is 4.79. The van der Waals surface area contributed by atoms with E-state index in [4.69, 9.17) is 9.47 Å². The molecule has 0 saturated carbocycles. The van der Waals surface area contributed by atoms with Crippen LogP contribution in [-0.2, 0) is 4.79 Å². The smallest absolute Gasteiger partial charge is 0.246 e. The van der Waals surface area contributed by atoms with Crippen LogP contribution in [0, 0.1) is 0 Å². The SMILES string of the molecule is COc1ccc(/C=C/C(=O)N2CCC[C@H](Oc3ccncn3)C2)cc1. The summed E-state index contributed by atoms with van der Waals surface area (Å²) in [5.41, 5.74) is 0.958. The lowest BCUT2D eigenvalue weighted by Crippen LogP contribution is -2.43. The zero-order valence-electron chi connectivity index (χ0n) is 14.2. The number of rotatable bonds is 5. The number of hydrogen-bond donors (Lipinski definition) is 0. The predicted octanol–water partition coefficient (Wildman–Crippen LogP) is 2.57. The fourth-order valence-electron chi connectivity index (χ4n) is 2.74. The molecule has 1 fully saturated rings. The van der Waals surface area contributed by atoms with Crippen molar-refractivity contribution in [1.29, 1.82) is 0 Å². The molecular weight excluding hydrogens is 318 g/mol. The lowest BCUT2D eigenvalue weighted by atomic mass is 10.1. The van der Waals surface area contributed by atoms with E-state index in [1.54, 1.807) is 25.4 Å². The maximum atomic E-state index is 12.4. The molecule has 0 unspecified atom stereocenters. The van der Waals surface area contributed by atoms with E-state index in [-0.39, 0.29) is 12.0 Å². The maximum absolute atomic E-state index is 12.4. The Kier molecular flexibility index (Phi) is 5.61. The first kappa shape index (κ1) is 17.0. The van der Waals surface area contributed by atoms with Gasteiger partial charge in [-0.25, -0.2) is 9.97 Å². The van der Waals surface area contributed by atoms with Gasteiger partial charge in [-0.05, 0) is 36.6 Å². The number of carbonyl (C=O) groups is 1. The standard InChI is InChI=1S/C19H21N3O3/c1-24-16-7-4-15(5-8-16)6-9-19(23)22-12-2-3-17(13-22)25-18-10-11-20-14-21-18/h4-11,14,17H,2-3,12-13H2,1H3/b9-6+/t17-/m0/s1. The highest BCUT2D eigenvalue weighted by atomic mass is 16.5. The normalized spacial score (nSPS) is 17.5. The number of carbonyl (C=O) groups excluding carboxylic acids is 1. The van der Waals surface area contributed by atoms with Crippen LogP contribution in [0.2, 0.25) is 0 Å². The van der Waals surface area contributed by atoms with Crippen LogP contribution in [0.1, 0.15) is 18.4 Å². The van der Waals surface area contributed by atoms with Crippen molar-refractivity contribution in [3.8, 4) is 11.6 Å². The number of nitrogens with zero attached hydrogens (tertiary/aromatic N) is 3. The maximum Gasteiger partial charge on any atom is 0.246 e. The molecule has 1 aromatic heterocycles. The van der Waals surface area contributed by atoms with E-state index in [1.165, 1.54) is 6.33 Å². The molecule has 1 aromatic carbocycles. The molecule has 0 aliphatic carbocycles. The summed E-state index contributed by atoms with van der Waals surface area (Å²) in [4.78, 5) is 22.2. The zero-order chi connectivity index (χ0) is 17.5. The van der Waals surface area contributed by atoms with Gasteiger partial charge in [0, 0.05) is 24.9 Å². The fraction of sp³-hybridized carbons (Fsp3) is 0.316. The predicted molar refractivity (Wildman–Crippen MR) is 94.3 cm³/mol. The Bertz CT molecular complexity index is 716. The van der Waals surface area contributed by atoms with Gasteiger partial charge in [0.25, 0.3) is 0 Å². The van der Waals surface area contributed by atoms with E-state index in [0.717, 1.165) is 30.7 Å². The average Bonchev–Trinajstić information content (AvgIpc) is 2.67. The topological polar surface area (TPSA) is 64.5 Å². The molecule has 6 nitrogen and oxygen atoms in total. The van der Waals surface area contributed by atoms with E-state index >= 15 is 0 Å². The highest BCUT2D eigenvalue weighted by Gasteiger charge is 2.23. The molecule has 2 heterocycles. The summed E-state index contributed by atoms with van der Waals surface area (Å²) < 4.78 is 11.0. The van der Waals surface area contributed by atoms with Crippen LogP contribution in [0.5, 0.6) is 11.6 Å². The van der Waals surface area contributed by atoms with Crippen molar-refractivity contribution in [3.05, 3.63) is 54.5 Å². The summed E-state index contributed by atoms with van der Waals surface area (Å²) >= 11 is 0. The molecule has 0 bridgehead atoms. The first-order valence-electron chi connectivity index (χ1n) is 8.28. The molecule has 130 valence electrons. The molecule has 0 spiro atoms. The van der Waals surface area contributed by atoms with Crippen molar-refractivity contribution in [1.82, 2.24) is 14.9 Å². The van der Waals surface area contributed by atoms with Gasteiger partial charge in [0.15, 0.2) is 0 Å². The number of piperidine rings is 1. The molecule has 1 aliphatic rings. The van der Waals surface area contributed by atoms with E-state index in [2.05, 4.69) is 9.97 Å². The van der Waals surface area contributed by atoms with Gasteiger partial charge in [-0.15, -0.1) is 0 Å². The van der Waals surface area contributed by atoms with Crippen LogP contribution >= 0.6 is 0 Å². The number of likely N-dealkylation sites (tertiary alicyclic amines) is 1. The van der Waals surface area contributed by atoms with Crippen molar-refractivity contribution < 1.29 is 14.3 Å². The number of methoxy groups -OCH3 is 1. The van der Waals surface area contributed by atoms with E-state index < -0.39 is 0 Å². The Morgan fingerprint density at radius 3 is 2.84 bits per heavy atom. The van der Waals surface area contributed by atoms with Crippen LogP contribution in [0.15, 0.2) is 48.9 Å². The third-order valence-corrected chi connectivity index (χ3v) is 4.07. The van der Waals surface area contributed by atoms with Crippen molar-refractivity contribution in [3.63, 3.8) is 0 Å². The van der Waals surface area contributed by atoms with Gasteiger partial charge in [0.2, 0.25) is 11.8 Å². The van der Waals surface area contributed by atoms with Crippen LogP contribution in [0.25, 0.3) is 6.08 Å². The van der Waals surface area contributed by atoms with Gasteiger partial charge >= 0.3 is 0 Å². The Balaban J connectivity index is 1.56. The summed E-state index contributed by atoms with van der Waals surface area (Å²) in [6, 6.07) is 9.30. The molecule has 1 saturated heterocycles. The molecule has 3 rings (SSSR count). The number of ether oxygens (including phenoxy) is 2. The Morgan fingerprint density at radius 1 is 1.28 bits per heavy atom. The van der Waals surface area contributed by atoms with Crippen molar-refractivity contribution in [2.24, 2.45) is 0 Å². The van der Waals surface area contributed by atoms with Gasteiger partial charge in [-0.3, -0.25) is 4.79 Å². The minimum atomic E-state index is -0.0398. The Labute approximate surface area is 147 Å². The molecule has 1 amide bonds. The Hall–Kier alpha value is -2.89. The number of hydrogen-bond acceptors (Lipinski definition) is 5. The average molecular weight is 339 g/mol. The van der Waals surface area contributed by atoms with Crippen molar-refractivity contribution >= 4 is 12.0 Å². The molecule has 6 heteroatoms. The second-order valence-electron chi connectivity index (χ2n) is 5.82. The van der Waals surface area contributed by atoms with Gasteiger partial charge < -0.3 is 14.4 Å². The lowest BCUT2D eigenvalue weighted by Gasteiger charge is -2.31. The first-order chi connectivity index (χ1) is 12.2. The zero-order valence-corrected chi connectivity index (χ0v) is 14.2.